The van der Waals surface area contributed by atoms with E-state index >= 15 is 0 Å². The first-order valence-electron chi connectivity index (χ1n) is 6.02. The minimum atomic E-state index is 0.222. The Morgan fingerprint density at radius 2 is 2.00 bits per heavy atom. The second-order valence-electron chi connectivity index (χ2n) is 4.92. The fraction of sp³-hybridized carbons (Fsp3) is 0.462. The Kier molecular flexibility index (Phi) is 2.82. The molecule has 17 heavy (non-hydrogen) atoms. The van der Waals surface area contributed by atoms with E-state index in [1.165, 1.54) is 19.3 Å². The van der Waals surface area contributed by atoms with Gasteiger partial charge >= 0.3 is 0 Å². The highest BCUT2D eigenvalue weighted by atomic mass is 79.9. The van der Waals surface area contributed by atoms with Crippen molar-refractivity contribution in [2.24, 2.45) is 17.0 Å². The van der Waals surface area contributed by atoms with Gasteiger partial charge in [0.15, 0.2) is 0 Å². The van der Waals surface area contributed by atoms with E-state index in [1.807, 2.05) is 24.3 Å². The molecule has 2 aliphatic carbocycles. The predicted octanol–water partition coefficient (Wildman–Crippen LogP) is 3.49. The summed E-state index contributed by atoms with van der Waals surface area (Å²) in [7, 11) is 0. The highest BCUT2D eigenvalue weighted by Gasteiger charge is 2.45. The molecule has 0 unspecified atom stereocenters. The molecule has 0 aliphatic heterocycles. The standard InChI is InChI=1S/C13H15BrN2O/c14-10-3-5-11(6-4-10)15-12-8-1-2-9(7-8)13(12)16-17/h3-6,8-9,12,15,17H,1-2,7H2/b16-13+/t8-,9-,12-/m0/s1. The van der Waals surface area contributed by atoms with E-state index in [2.05, 4.69) is 26.4 Å². The molecule has 0 radical (unpaired) electrons. The summed E-state index contributed by atoms with van der Waals surface area (Å²) in [5.41, 5.74) is 2.04. The van der Waals surface area contributed by atoms with Crippen LogP contribution in [0.3, 0.4) is 0 Å². The van der Waals surface area contributed by atoms with Gasteiger partial charge in [-0.05, 0) is 49.4 Å². The van der Waals surface area contributed by atoms with Crippen molar-refractivity contribution in [1.82, 2.24) is 0 Å². The summed E-state index contributed by atoms with van der Waals surface area (Å²) in [5, 5.41) is 16.1. The fourth-order valence-electron chi connectivity index (χ4n) is 3.14. The Morgan fingerprint density at radius 1 is 1.24 bits per heavy atom. The molecule has 0 saturated heterocycles. The average Bonchev–Trinajstić information content (AvgIpc) is 2.92. The number of benzene rings is 1. The minimum absolute atomic E-state index is 0.222. The summed E-state index contributed by atoms with van der Waals surface area (Å²) in [5.74, 6) is 1.13. The SMILES string of the molecule is O/N=C1\[C@H]2CC[C@@H](C2)[C@@H]1Nc1ccc(Br)cc1. The molecule has 0 amide bonds. The van der Waals surface area contributed by atoms with Crippen LogP contribution in [-0.2, 0) is 0 Å². The minimum Gasteiger partial charge on any atom is -0.411 e. The molecule has 0 aromatic heterocycles. The third-order valence-electron chi connectivity index (χ3n) is 3.96. The van der Waals surface area contributed by atoms with Gasteiger partial charge in [0.2, 0.25) is 0 Å². The van der Waals surface area contributed by atoms with E-state index < -0.39 is 0 Å². The van der Waals surface area contributed by atoms with Gasteiger partial charge in [0.1, 0.15) is 0 Å². The van der Waals surface area contributed by atoms with Gasteiger partial charge in [-0.15, -0.1) is 0 Å². The molecular formula is C13H15BrN2O. The maximum Gasteiger partial charge on any atom is 0.0826 e. The van der Waals surface area contributed by atoms with Crippen LogP contribution in [0.1, 0.15) is 19.3 Å². The average molecular weight is 295 g/mol. The number of fused-ring (bicyclic) bond motifs is 2. The van der Waals surface area contributed by atoms with Crippen LogP contribution in [-0.4, -0.2) is 17.0 Å². The van der Waals surface area contributed by atoms with Crippen molar-refractivity contribution in [1.29, 1.82) is 0 Å². The van der Waals surface area contributed by atoms with Gasteiger partial charge in [-0.3, -0.25) is 0 Å². The van der Waals surface area contributed by atoms with E-state index in [1.54, 1.807) is 0 Å². The monoisotopic (exact) mass is 294 g/mol. The molecule has 4 heteroatoms. The van der Waals surface area contributed by atoms with E-state index in [0.29, 0.717) is 11.8 Å². The first-order chi connectivity index (χ1) is 8.28. The second-order valence-corrected chi connectivity index (χ2v) is 5.84. The van der Waals surface area contributed by atoms with Gasteiger partial charge in [0, 0.05) is 16.1 Å². The highest BCUT2D eigenvalue weighted by Crippen LogP contribution is 2.43. The molecule has 2 N–H and O–H groups in total. The molecule has 2 fully saturated rings. The molecule has 2 saturated carbocycles. The maximum atomic E-state index is 9.12. The maximum absolute atomic E-state index is 9.12. The van der Waals surface area contributed by atoms with Crippen molar-refractivity contribution in [3.63, 3.8) is 0 Å². The Morgan fingerprint density at radius 3 is 2.71 bits per heavy atom. The van der Waals surface area contributed by atoms with Crippen LogP contribution >= 0.6 is 15.9 Å². The molecule has 1 aromatic carbocycles. The predicted molar refractivity (Wildman–Crippen MR) is 71.6 cm³/mol. The van der Waals surface area contributed by atoms with E-state index in [9.17, 15) is 0 Å². The number of rotatable bonds is 2. The zero-order chi connectivity index (χ0) is 11.8. The van der Waals surface area contributed by atoms with Crippen LogP contribution in [0.15, 0.2) is 33.9 Å². The fourth-order valence-corrected chi connectivity index (χ4v) is 3.41. The van der Waals surface area contributed by atoms with Crippen molar-refractivity contribution in [3.8, 4) is 0 Å². The number of anilines is 1. The summed E-state index contributed by atoms with van der Waals surface area (Å²) in [6.07, 6.45) is 3.61. The van der Waals surface area contributed by atoms with Gasteiger partial charge in [-0.2, -0.15) is 0 Å². The van der Waals surface area contributed by atoms with Crippen LogP contribution < -0.4 is 5.32 Å². The Balaban J connectivity index is 1.79. The molecule has 2 bridgehead atoms. The van der Waals surface area contributed by atoms with E-state index in [-0.39, 0.29) is 6.04 Å². The molecule has 3 rings (SSSR count). The first kappa shape index (κ1) is 11.1. The Bertz CT molecular complexity index is 443. The zero-order valence-corrected chi connectivity index (χ0v) is 11.0. The first-order valence-corrected chi connectivity index (χ1v) is 6.81. The zero-order valence-electron chi connectivity index (χ0n) is 9.44. The number of hydrogen-bond acceptors (Lipinski definition) is 3. The lowest BCUT2D eigenvalue weighted by molar-refractivity contribution is 0.312. The lowest BCUT2D eigenvalue weighted by Gasteiger charge is -2.24. The van der Waals surface area contributed by atoms with Gasteiger partial charge in [-0.1, -0.05) is 21.1 Å². The van der Waals surface area contributed by atoms with Crippen molar-refractivity contribution < 1.29 is 5.21 Å². The molecule has 2 aliphatic rings. The normalized spacial score (nSPS) is 33.2. The largest absolute Gasteiger partial charge is 0.411 e. The van der Waals surface area contributed by atoms with E-state index in [0.717, 1.165) is 15.9 Å². The third kappa shape index (κ3) is 1.95. The second kappa shape index (κ2) is 4.33. The Hall–Kier alpha value is -1.03. The van der Waals surface area contributed by atoms with Crippen LogP contribution in [0.5, 0.6) is 0 Å². The number of halogens is 1. The van der Waals surface area contributed by atoms with Gasteiger partial charge in [-0.25, -0.2) is 0 Å². The third-order valence-corrected chi connectivity index (χ3v) is 4.49. The lowest BCUT2D eigenvalue weighted by atomic mass is 9.93. The molecule has 3 atom stereocenters. The summed E-state index contributed by atoms with van der Waals surface area (Å²) in [4.78, 5) is 0. The number of hydrogen-bond donors (Lipinski definition) is 2. The van der Waals surface area contributed by atoms with Crippen molar-refractivity contribution in [2.75, 3.05) is 5.32 Å². The molecular weight excluding hydrogens is 280 g/mol. The Labute approximate surface area is 109 Å². The molecule has 1 aromatic rings. The van der Waals surface area contributed by atoms with Gasteiger partial charge in [0.05, 0.1) is 11.8 Å². The summed E-state index contributed by atoms with van der Waals surface area (Å²) in [6, 6.07) is 8.35. The molecule has 0 heterocycles. The van der Waals surface area contributed by atoms with E-state index in [4.69, 9.17) is 5.21 Å². The molecule has 3 nitrogen and oxygen atoms in total. The number of oxime groups is 1. The van der Waals surface area contributed by atoms with Crippen molar-refractivity contribution >= 4 is 27.3 Å². The smallest absolute Gasteiger partial charge is 0.0826 e. The van der Waals surface area contributed by atoms with Gasteiger partial charge in [0.25, 0.3) is 0 Å². The van der Waals surface area contributed by atoms with Crippen LogP contribution in [0.25, 0.3) is 0 Å². The van der Waals surface area contributed by atoms with Crippen LogP contribution in [0, 0.1) is 11.8 Å². The molecule has 0 spiro atoms. The van der Waals surface area contributed by atoms with Crippen LogP contribution in [0.4, 0.5) is 5.69 Å². The summed E-state index contributed by atoms with van der Waals surface area (Å²) < 4.78 is 1.08. The number of nitrogens with zero attached hydrogens (tertiary/aromatic N) is 1. The summed E-state index contributed by atoms with van der Waals surface area (Å²) >= 11 is 3.42. The molecule has 90 valence electrons. The van der Waals surface area contributed by atoms with Crippen molar-refractivity contribution in [2.45, 2.75) is 25.3 Å². The quantitative estimate of drug-likeness (QED) is 0.648. The summed E-state index contributed by atoms with van der Waals surface area (Å²) in [6.45, 7) is 0. The topological polar surface area (TPSA) is 44.6 Å². The van der Waals surface area contributed by atoms with Gasteiger partial charge < -0.3 is 10.5 Å². The highest BCUT2D eigenvalue weighted by molar-refractivity contribution is 9.10. The lowest BCUT2D eigenvalue weighted by Crippen LogP contribution is -2.35. The van der Waals surface area contributed by atoms with Crippen LogP contribution in [0.2, 0.25) is 0 Å². The number of nitrogens with one attached hydrogen (secondary N) is 1. The van der Waals surface area contributed by atoms with Crippen molar-refractivity contribution in [3.05, 3.63) is 28.7 Å².